The second-order valence-electron chi connectivity index (χ2n) is 19.6. The van der Waals surface area contributed by atoms with Crippen LogP contribution in [-0.2, 0) is 57.1 Å². The number of ether oxygens (including phenoxy) is 3. The van der Waals surface area contributed by atoms with Gasteiger partial charge < -0.3 is 35.1 Å². The maximum absolute atomic E-state index is 14.2. The molecule has 4 aliphatic rings. The highest BCUT2D eigenvalue weighted by Crippen LogP contribution is 2.60. The highest BCUT2D eigenvalue weighted by atomic mass is 32.2. The predicted molar refractivity (Wildman–Crippen MR) is 235 cm³/mol. The van der Waals surface area contributed by atoms with Crippen molar-refractivity contribution in [2.45, 2.75) is 135 Å². The van der Waals surface area contributed by atoms with E-state index in [9.17, 15) is 33.0 Å². The fraction of sp³-hybridized carbons (Fsp3) is 0.617. The normalized spacial score (nSPS) is 22.3. The lowest BCUT2D eigenvalue weighted by Gasteiger charge is -2.55. The minimum Gasteiger partial charge on any atom is -0.460 e. The average Bonchev–Trinajstić information content (AvgIpc) is 3.16. The van der Waals surface area contributed by atoms with Crippen LogP contribution in [0, 0.1) is 23.2 Å². The maximum atomic E-state index is 14.2. The third-order valence-corrected chi connectivity index (χ3v) is 12.5. The molecule has 0 aliphatic heterocycles. The van der Waals surface area contributed by atoms with Crippen molar-refractivity contribution in [3.63, 3.8) is 0 Å². The number of carbonyl (C=O) groups is 6. The fourth-order valence-electron chi connectivity index (χ4n) is 9.34. The van der Waals surface area contributed by atoms with Gasteiger partial charge in [0.25, 0.3) is 0 Å². The lowest BCUT2D eigenvalue weighted by Crippen LogP contribution is -2.58. The first kappa shape index (κ1) is 48.2. The molecule has 4 atom stereocenters. The number of carbonyl (C=O) groups excluding carboxylic acids is 6. The molecule has 62 heavy (non-hydrogen) atoms. The van der Waals surface area contributed by atoms with Gasteiger partial charge in [0.1, 0.15) is 35.1 Å². The van der Waals surface area contributed by atoms with Crippen LogP contribution in [0.2, 0.25) is 0 Å². The molecule has 0 aromatic heterocycles. The predicted octanol–water partition coefficient (Wildman–Crippen LogP) is 5.42. The summed E-state index contributed by atoms with van der Waals surface area (Å²) < 4.78 is 29.2. The molecular weight excluding hydrogens is 813 g/mol. The summed E-state index contributed by atoms with van der Waals surface area (Å²) in [6.07, 6.45) is 6.91. The summed E-state index contributed by atoms with van der Waals surface area (Å²) in [5, 5.41) is 8.21. The third kappa shape index (κ3) is 14.4. The second-order valence-corrected chi connectivity index (χ2v) is 21.2. The molecule has 14 nitrogen and oxygen atoms in total. The summed E-state index contributed by atoms with van der Waals surface area (Å²) in [4.78, 5) is 82.7. The van der Waals surface area contributed by atoms with E-state index in [1.54, 1.807) is 65.8 Å². The van der Waals surface area contributed by atoms with Crippen molar-refractivity contribution >= 4 is 46.6 Å². The van der Waals surface area contributed by atoms with Gasteiger partial charge in [-0.3, -0.25) is 28.2 Å². The van der Waals surface area contributed by atoms with Crippen LogP contribution in [0.1, 0.15) is 104 Å². The van der Waals surface area contributed by atoms with E-state index in [0.29, 0.717) is 29.1 Å². The fourth-order valence-corrected chi connectivity index (χ4v) is 9.91. The number of esters is 2. The molecule has 4 saturated carbocycles. The molecule has 15 heteroatoms. The smallest absolute Gasteiger partial charge is 0.408 e. The molecule has 2 aromatic rings. The van der Waals surface area contributed by atoms with Crippen molar-refractivity contribution < 1.29 is 47.2 Å². The van der Waals surface area contributed by atoms with Gasteiger partial charge in [-0.25, -0.2) is 4.79 Å². The van der Waals surface area contributed by atoms with Gasteiger partial charge in [0.2, 0.25) is 17.7 Å². The molecule has 0 spiro atoms. The van der Waals surface area contributed by atoms with Crippen LogP contribution in [0.15, 0.2) is 54.6 Å². The molecule has 4 amide bonds. The van der Waals surface area contributed by atoms with Gasteiger partial charge in [-0.05, 0) is 128 Å². The van der Waals surface area contributed by atoms with E-state index in [0.717, 1.165) is 24.8 Å². The Labute approximate surface area is 368 Å². The summed E-state index contributed by atoms with van der Waals surface area (Å²) in [6, 6.07) is 12.3. The minimum atomic E-state index is -1.34. The van der Waals surface area contributed by atoms with Crippen molar-refractivity contribution in [2.75, 3.05) is 25.6 Å². The zero-order valence-corrected chi connectivity index (χ0v) is 38.4. The van der Waals surface area contributed by atoms with Gasteiger partial charge in [-0.1, -0.05) is 42.5 Å². The summed E-state index contributed by atoms with van der Waals surface area (Å²) >= 11 is 0. The van der Waals surface area contributed by atoms with E-state index in [4.69, 9.17) is 14.2 Å². The first-order valence-electron chi connectivity index (χ1n) is 21.8. The Morgan fingerprint density at radius 3 is 1.79 bits per heavy atom. The number of rotatable bonds is 18. The zero-order valence-electron chi connectivity index (χ0n) is 37.6. The molecule has 2 aromatic carbocycles. The molecule has 0 radical (unpaired) electrons. The quantitative estimate of drug-likeness (QED) is 0.129. The van der Waals surface area contributed by atoms with Crippen molar-refractivity contribution in [1.29, 1.82) is 0 Å². The zero-order chi connectivity index (χ0) is 45.4. The Balaban J connectivity index is 1.30. The molecular formula is C47H66N4O10S. The summed E-state index contributed by atoms with van der Waals surface area (Å²) in [6.45, 7) is 10.4. The third-order valence-electron chi connectivity index (χ3n) is 11.7. The standard InChI is InChI=1S/C47H66N4O10S/c1-45(2,3)60-39(52)18-20-51(7)42(55)38(26-30-12-10-9-11-13-30)49-40(53)36(19-21-62(8)58)48-41(54)37(50-44(57)61-46(4,5)6)25-31-14-16-35(17-15-31)59-43(56)47-27-32-22-33(28-47)24-34(23-32)29-47/h9-17,32-34,36-38H,18-29H2,1-8H3,(H,48,54)(H,49,53)(H,50,57)/t32?,33?,34?,36-,37+,38+,47?,62?/m1/s1. The Morgan fingerprint density at radius 2 is 1.24 bits per heavy atom. The number of hydrogen-bond donors (Lipinski definition) is 3. The molecule has 3 N–H and O–H groups in total. The Kier molecular flexibility index (Phi) is 16.0. The van der Waals surface area contributed by atoms with Crippen LogP contribution in [0.25, 0.3) is 0 Å². The molecule has 4 aliphatic carbocycles. The lowest BCUT2D eigenvalue weighted by atomic mass is 9.49. The van der Waals surface area contributed by atoms with Crippen molar-refractivity contribution in [2.24, 2.45) is 23.2 Å². The number of benzene rings is 2. The lowest BCUT2D eigenvalue weighted by molar-refractivity contribution is -0.161. The van der Waals surface area contributed by atoms with Crippen LogP contribution in [0.5, 0.6) is 5.75 Å². The Morgan fingerprint density at radius 1 is 0.726 bits per heavy atom. The maximum Gasteiger partial charge on any atom is 0.408 e. The van der Waals surface area contributed by atoms with Crippen molar-refractivity contribution in [1.82, 2.24) is 20.9 Å². The van der Waals surface area contributed by atoms with E-state index in [-0.39, 0.29) is 44.0 Å². The number of nitrogens with one attached hydrogen (secondary N) is 3. The van der Waals surface area contributed by atoms with Crippen molar-refractivity contribution in [3.8, 4) is 5.75 Å². The molecule has 4 bridgehead atoms. The van der Waals surface area contributed by atoms with E-state index in [1.807, 2.05) is 30.3 Å². The molecule has 0 heterocycles. The van der Waals surface area contributed by atoms with E-state index in [1.165, 1.54) is 37.5 Å². The molecule has 1 unspecified atom stereocenters. The summed E-state index contributed by atoms with van der Waals surface area (Å²) in [7, 11) is 0.189. The number of hydrogen-bond acceptors (Lipinski definition) is 10. The monoisotopic (exact) mass is 878 g/mol. The van der Waals surface area contributed by atoms with Gasteiger partial charge in [0, 0.05) is 49.2 Å². The van der Waals surface area contributed by atoms with Crippen LogP contribution in [0.4, 0.5) is 4.79 Å². The largest absolute Gasteiger partial charge is 0.460 e. The Hall–Kier alpha value is -4.79. The highest BCUT2D eigenvalue weighted by Gasteiger charge is 2.55. The number of likely N-dealkylation sites (N-methyl/N-ethyl adjacent to an activating group) is 1. The number of nitrogens with zero attached hydrogens (tertiary/aromatic N) is 1. The average molecular weight is 879 g/mol. The van der Waals surface area contributed by atoms with Crippen LogP contribution >= 0.6 is 0 Å². The van der Waals surface area contributed by atoms with Gasteiger partial charge in [0.15, 0.2) is 0 Å². The van der Waals surface area contributed by atoms with Crippen molar-refractivity contribution in [3.05, 3.63) is 65.7 Å². The number of amides is 4. The molecule has 340 valence electrons. The molecule has 6 rings (SSSR count). The highest BCUT2D eigenvalue weighted by molar-refractivity contribution is 7.84. The summed E-state index contributed by atoms with van der Waals surface area (Å²) in [5.41, 5.74) is -0.595. The first-order valence-corrected chi connectivity index (χ1v) is 23.5. The van der Waals surface area contributed by atoms with Crippen LogP contribution in [-0.4, -0.2) is 99.8 Å². The van der Waals surface area contributed by atoms with Gasteiger partial charge in [-0.15, -0.1) is 0 Å². The van der Waals surface area contributed by atoms with E-state index < -0.39 is 75.3 Å². The summed E-state index contributed by atoms with van der Waals surface area (Å²) in [5.74, 6) is -0.296. The topological polar surface area (TPSA) is 187 Å². The van der Waals surface area contributed by atoms with Gasteiger partial charge in [-0.2, -0.15) is 0 Å². The number of alkyl carbamates (subject to hydrolysis) is 1. The minimum absolute atomic E-state index is 0.0140. The van der Waals surface area contributed by atoms with E-state index >= 15 is 0 Å². The molecule has 0 saturated heterocycles. The first-order chi connectivity index (χ1) is 29.1. The second kappa shape index (κ2) is 20.6. The Bertz CT molecular complexity index is 1910. The van der Waals surface area contributed by atoms with Crippen LogP contribution in [0.3, 0.4) is 0 Å². The van der Waals surface area contributed by atoms with E-state index in [2.05, 4.69) is 16.0 Å². The van der Waals surface area contributed by atoms with Gasteiger partial charge in [0.05, 0.1) is 11.8 Å². The van der Waals surface area contributed by atoms with Crippen LogP contribution < -0.4 is 20.7 Å². The van der Waals surface area contributed by atoms with Gasteiger partial charge >= 0.3 is 18.0 Å². The SMILES string of the molecule is CN(CCC(=O)OC(C)(C)C)C(=O)[C@H](Cc1ccccc1)NC(=O)[C@@H](CCS(C)=O)NC(=O)[C@H](Cc1ccc(OC(=O)C23CC4CC(CC(C4)C2)C3)cc1)NC(=O)OC(C)(C)C. The molecule has 4 fully saturated rings.